The Balaban J connectivity index is 2.47. The summed E-state index contributed by atoms with van der Waals surface area (Å²) in [6.07, 6.45) is 3.44. The van der Waals surface area contributed by atoms with E-state index < -0.39 is 0 Å². The van der Waals surface area contributed by atoms with E-state index >= 15 is 0 Å². The number of nitrogens with zero attached hydrogens (tertiary/aromatic N) is 4. The second-order valence-electron chi connectivity index (χ2n) is 3.64. The van der Waals surface area contributed by atoms with Crippen LogP contribution in [0.1, 0.15) is 17.0 Å². The summed E-state index contributed by atoms with van der Waals surface area (Å²) >= 11 is 0. The van der Waals surface area contributed by atoms with E-state index in [-0.39, 0.29) is 0 Å². The molecule has 5 heteroatoms. The molecule has 0 aliphatic rings. The fourth-order valence-electron chi connectivity index (χ4n) is 1.70. The molecule has 0 atom stereocenters. The Hall–Kier alpha value is -1.75. The van der Waals surface area contributed by atoms with Gasteiger partial charge in [-0.15, -0.1) is 0 Å². The van der Waals surface area contributed by atoms with E-state index in [1.165, 1.54) is 5.56 Å². The van der Waals surface area contributed by atoms with Crippen molar-refractivity contribution < 1.29 is 0 Å². The van der Waals surface area contributed by atoms with E-state index in [4.69, 9.17) is 0 Å². The number of rotatable bonds is 3. The average molecular weight is 217 g/mol. The van der Waals surface area contributed by atoms with Crippen LogP contribution in [0.15, 0.2) is 18.5 Å². The van der Waals surface area contributed by atoms with Gasteiger partial charge in [0.05, 0.1) is 5.69 Å². The Labute approximate surface area is 94.5 Å². The van der Waals surface area contributed by atoms with E-state index in [2.05, 4.69) is 20.4 Å². The number of aryl methyl sites for hydroxylation is 1. The number of hydrogen-bond acceptors (Lipinski definition) is 4. The molecule has 0 fully saturated rings. The van der Waals surface area contributed by atoms with Gasteiger partial charge < -0.3 is 5.32 Å². The molecule has 0 bridgehead atoms. The van der Waals surface area contributed by atoms with Crippen molar-refractivity contribution in [3.8, 4) is 5.95 Å². The topological polar surface area (TPSA) is 55.6 Å². The average Bonchev–Trinajstić information content (AvgIpc) is 2.59. The van der Waals surface area contributed by atoms with Gasteiger partial charge in [0.2, 0.25) is 0 Å². The Bertz CT molecular complexity index is 475. The Morgan fingerprint density at radius 1 is 1.25 bits per heavy atom. The van der Waals surface area contributed by atoms with Gasteiger partial charge in [0.25, 0.3) is 5.95 Å². The smallest absolute Gasteiger partial charge is 0.250 e. The van der Waals surface area contributed by atoms with E-state index in [1.807, 2.05) is 20.9 Å². The summed E-state index contributed by atoms with van der Waals surface area (Å²) in [6.45, 7) is 4.84. The van der Waals surface area contributed by atoms with Crippen LogP contribution >= 0.6 is 0 Å². The minimum Gasteiger partial charge on any atom is -0.316 e. The minimum absolute atomic E-state index is 0.616. The summed E-state index contributed by atoms with van der Waals surface area (Å²) < 4.78 is 1.78. The van der Waals surface area contributed by atoms with Crippen LogP contribution < -0.4 is 5.32 Å². The standard InChI is InChI=1S/C11H15N5/c1-8-10(7-12-3)9(2)16(15-8)11-13-5-4-6-14-11/h4-6,12H,7H2,1-3H3. The minimum atomic E-state index is 0.616. The second-order valence-corrected chi connectivity index (χ2v) is 3.64. The van der Waals surface area contributed by atoms with Gasteiger partial charge in [-0.2, -0.15) is 5.10 Å². The molecule has 0 unspecified atom stereocenters. The Morgan fingerprint density at radius 2 is 1.94 bits per heavy atom. The van der Waals surface area contributed by atoms with Gasteiger partial charge >= 0.3 is 0 Å². The number of hydrogen-bond donors (Lipinski definition) is 1. The molecule has 2 heterocycles. The van der Waals surface area contributed by atoms with Crippen LogP contribution in [0.4, 0.5) is 0 Å². The summed E-state index contributed by atoms with van der Waals surface area (Å²) in [5.74, 6) is 0.616. The number of nitrogens with one attached hydrogen (secondary N) is 1. The van der Waals surface area contributed by atoms with Gasteiger partial charge in [0.1, 0.15) is 0 Å². The first-order valence-corrected chi connectivity index (χ1v) is 5.21. The van der Waals surface area contributed by atoms with Crippen LogP contribution in [0, 0.1) is 13.8 Å². The molecule has 2 aromatic heterocycles. The Kier molecular flexibility index (Phi) is 2.96. The molecule has 2 aromatic rings. The molecule has 0 saturated carbocycles. The third-order valence-electron chi connectivity index (χ3n) is 2.54. The molecule has 0 aliphatic carbocycles. The van der Waals surface area contributed by atoms with Crippen molar-refractivity contribution in [1.82, 2.24) is 25.1 Å². The zero-order valence-corrected chi connectivity index (χ0v) is 9.73. The maximum Gasteiger partial charge on any atom is 0.250 e. The molecule has 2 rings (SSSR count). The normalized spacial score (nSPS) is 10.7. The first-order valence-electron chi connectivity index (χ1n) is 5.21. The van der Waals surface area contributed by atoms with Crippen LogP contribution in [-0.2, 0) is 6.54 Å². The van der Waals surface area contributed by atoms with Crippen molar-refractivity contribution in [2.24, 2.45) is 0 Å². The van der Waals surface area contributed by atoms with Gasteiger partial charge in [0.15, 0.2) is 0 Å². The lowest BCUT2D eigenvalue weighted by Crippen LogP contribution is -2.08. The largest absolute Gasteiger partial charge is 0.316 e. The summed E-state index contributed by atoms with van der Waals surface area (Å²) in [5.41, 5.74) is 3.30. The lowest BCUT2D eigenvalue weighted by molar-refractivity contribution is 0.768. The summed E-state index contributed by atoms with van der Waals surface area (Å²) in [7, 11) is 1.93. The molecule has 0 amide bonds. The van der Waals surface area contributed by atoms with Gasteiger partial charge in [-0.3, -0.25) is 0 Å². The third-order valence-corrected chi connectivity index (χ3v) is 2.54. The van der Waals surface area contributed by atoms with Crippen molar-refractivity contribution in [2.75, 3.05) is 7.05 Å². The molecular weight excluding hydrogens is 202 g/mol. The lowest BCUT2D eigenvalue weighted by atomic mass is 10.2. The van der Waals surface area contributed by atoms with Gasteiger partial charge in [0, 0.05) is 30.2 Å². The zero-order chi connectivity index (χ0) is 11.5. The highest BCUT2D eigenvalue weighted by atomic mass is 15.4. The highest BCUT2D eigenvalue weighted by Crippen LogP contribution is 2.14. The Morgan fingerprint density at radius 3 is 2.56 bits per heavy atom. The maximum atomic E-state index is 4.45. The van der Waals surface area contributed by atoms with Crippen LogP contribution in [0.25, 0.3) is 5.95 Å². The zero-order valence-electron chi connectivity index (χ0n) is 9.73. The second kappa shape index (κ2) is 4.40. The van der Waals surface area contributed by atoms with Gasteiger partial charge in [-0.05, 0) is 27.0 Å². The van der Waals surface area contributed by atoms with E-state index in [0.717, 1.165) is 17.9 Å². The van der Waals surface area contributed by atoms with Crippen molar-refractivity contribution in [1.29, 1.82) is 0 Å². The predicted octanol–water partition coefficient (Wildman–Crippen LogP) is 0.999. The van der Waals surface area contributed by atoms with E-state index in [1.54, 1.807) is 23.1 Å². The summed E-state index contributed by atoms with van der Waals surface area (Å²) in [6, 6.07) is 1.80. The van der Waals surface area contributed by atoms with Crippen LogP contribution in [0.3, 0.4) is 0 Å². The predicted molar refractivity (Wildman–Crippen MR) is 61.4 cm³/mol. The van der Waals surface area contributed by atoms with Crippen molar-refractivity contribution in [2.45, 2.75) is 20.4 Å². The molecule has 0 saturated heterocycles. The van der Waals surface area contributed by atoms with Crippen molar-refractivity contribution in [3.05, 3.63) is 35.4 Å². The molecule has 1 N–H and O–H groups in total. The quantitative estimate of drug-likeness (QED) is 0.833. The first kappa shape index (κ1) is 10.8. The lowest BCUT2D eigenvalue weighted by Gasteiger charge is -2.02. The van der Waals surface area contributed by atoms with Crippen LogP contribution in [-0.4, -0.2) is 26.8 Å². The van der Waals surface area contributed by atoms with E-state index in [9.17, 15) is 0 Å². The maximum absolute atomic E-state index is 4.45. The molecule has 0 spiro atoms. The monoisotopic (exact) mass is 217 g/mol. The van der Waals surface area contributed by atoms with Crippen molar-refractivity contribution >= 4 is 0 Å². The fourth-order valence-corrected chi connectivity index (χ4v) is 1.70. The third kappa shape index (κ3) is 1.81. The molecule has 84 valence electrons. The molecule has 0 aliphatic heterocycles. The van der Waals surface area contributed by atoms with E-state index in [0.29, 0.717) is 5.95 Å². The molecular formula is C11H15N5. The molecule has 0 radical (unpaired) electrons. The first-order chi connectivity index (χ1) is 7.74. The molecule has 0 aromatic carbocycles. The fraction of sp³-hybridized carbons (Fsp3) is 0.364. The number of aromatic nitrogens is 4. The summed E-state index contributed by atoms with van der Waals surface area (Å²) in [4.78, 5) is 8.39. The molecule has 5 nitrogen and oxygen atoms in total. The van der Waals surface area contributed by atoms with Gasteiger partial charge in [-0.1, -0.05) is 0 Å². The summed E-state index contributed by atoms with van der Waals surface area (Å²) in [5, 5.41) is 7.59. The van der Waals surface area contributed by atoms with Crippen molar-refractivity contribution in [3.63, 3.8) is 0 Å². The van der Waals surface area contributed by atoms with Gasteiger partial charge in [-0.25, -0.2) is 14.6 Å². The highest BCUT2D eigenvalue weighted by Gasteiger charge is 2.12. The SMILES string of the molecule is CNCc1c(C)nn(-c2ncccn2)c1C. The molecule has 16 heavy (non-hydrogen) atoms. The van der Waals surface area contributed by atoms with Crippen LogP contribution in [0.2, 0.25) is 0 Å². The van der Waals surface area contributed by atoms with Crippen LogP contribution in [0.5, 0.6) is 0 Å². The highest BCUT2D eigenvalue weighted by molar-refractivity contribution is 5.29.